The summed E-state index contributed by atoms with van der Waals surface area (Å²) in [6.45, 7) is 7.08. The van der Waals surface area contributed by atoms with Gasteiger partial charge in [-0.15, -0.1) is 0 Å². The SMILES string of the molecule is CC(C)(C)C(NCc1ccc(O)c(F)c1)c1ccccc1. The molecule has 3 heteroatoms. The molecule has 2 rings (SSSR count). The number of rotatable bonds is 4. The van der Waals surface area contributed by atoms with Gasteiger partial charge >= 0.3 is 0 Å². The number of nitrogens with one attached hydrogen (secondary N) is 1. The third kappa shape index (κ3) is 4.05. The van der Waals surface area contributed by atoms with Crippen LogP contribution in [0.1, 0.15) is 37.9 Å². The molecule has 0 aromatic heterocycles. The Morgan fingerprint density at radius 1 is 1.10 bits per heavy atom. The second kappa shape index (κ2) is 6.27. The molecule has 2 aromatic carbocycles. The molecule has 0 aliphatic rings. The van der Waals surface area contributed by atoms with Crippen molar-refractivity contribution >= 4 is 0 Å². The number of halogens is 1. The fourth-order valence-corrected chi connectivity index (χ4v) is 2.45. The molecule has 21 heavy (non-hydrogen) atoms. The summed E-state index contributed by atoms with van der Waals surface area (Å²) >= 11 is 0. The summed E-state index contributed by atoms with van der Waals surface area (Å²) in [5.41, 5.74) is 2.07. The number of phenolic OH excluding ortho intramolecular Hbond substituents is 1. The van der Waals surface area contributed by atoms with Gasteiger partial charge in [-0.2, -0.15) is 0 Å². The molecule has 0 spiro atoms. The number of phenols is 1. The van der Waals surface area contributed by atoms with Gasteiger partial charge in [0.25, 0.3) is 0 Å². The Morgan fingerprint density at radius 3 is 2.33 bits per heavy atom. The van der Waals surface area contributed by atoms with Crippen LogP contribution in [0.15, 0.2) is 48.5 Å². The van der Waals surface area contributed by atoms with Crippen molar-refractivity contribution in [1.29, 1.82) is 0 Å². The van der Waals surface area contributed by atoms with E-state index in [2.05, 4.69) is 38.2 Å². The van der Waals surface area contributed by atoms with Crippen LogP contribution in [0.5, 0.6) is 5.75 Å². The number of hydrogen-bond acceptors (Lipinski definition) is 2. The number of hydrogen-bond donors (Lipinski definition) is 2. The predicted octanol–water partition coefficient (Wildman–Crippen LogP) is 4.41. The maximum absolute atomic E-state index is 13.4. The molecule has 0 aliphatic carbocycles. The molecular weight excluding hydrogens is 265 g/mol. The lowest BCUT2D eigenvalue weighted by atomic mass is 9.82. The summed E-state index contributed by atoms with van der Waals surface area (Å²) in [6.07, 6.45) is 0. The van der Waals surface area contributed by atoms with Gasteiger partial charge in [0.2, 0.25) is 0 Å². The van der Waals surface area contributed by atoms with Gasteiger partial charge < -0.3 is 10.4 Å². The number of benzene rings is 2. The molecule has 2 N–H and O–H groups in total. The van der Waals surface area contributed by atoms with E-state index in [0.29, 0.717) is 6.54 Å². The molecule has 2 nitrogen and oxygen atoms in total. The van der Waals surface area contributed by atoms with Crippen molar-refractivity contribution in [2.75, 3.05) is 0 Å². The van der Waals surface area contributed by atoms with Crippen molar-refractivity contribution in [3.63, 3.8) is 0 Å². The van der Waals surface area contributed by atoms with Gasteiger partial charge in [-0.1, -0.05) is 57.2 Å². The highest BCUT2D eigenvalue weighted by molar-refractivity contribution is 5.28. The van der Waals surface area contributed by atoms with Crippen LogP contribution in [0.4, 0.5) is 4.39 Å². The first-order valence-corrected chi connectivity index (χ1v) is 7.13. The smallest absolute Gasteiger partial charge is 0.165 e. The molecule has 2 aromatic rings. The third-order valence-corrected chi connectivity index (χ3v) is 3.52. The highest BCUT2D eigenvalue weighted by atomic mass is 19.1. The van der Waals surface area contributed by atoms with E-state index < -0.39 is 5.82 Å². The average molecular weight is 287 g/mol. The average Bonchev–Trinajstić information content (AvgIpc) is 2.43. The third-order valence-electron chi connectivity index (χ3n) is 3.52. The lowest BCUT2D eigenvalue weighted by Crippen LogP contribution is -2.32. The molecule has 0 saturated carbocycles. The van der Waals surface area contributed by atoms with Crippen LogP contribution in [-0.4, -0.2) is 5.11 Å². The fourth-order valence-electron chi connectivity index (χ4n) is 2.45. The summed E-state index contributed by atoms with van der Waals surface area (Å²) < 4.78 is 13.4. The molecule has 0 radical (unpaired) electrons. The Hall–Kier alpha value is -1.87. The van der Waals surface area contributed by atoms with E-state index in [-0.39, 0.29) is 17.2 Å². The van der Waals surface area contributed by atoms with Crippen molar-refractivity contribution in [2.24, 2.45) is 5.41 Å². The van der Waals surface area contributed by atoms with E-state index in [1.165, 1.54) is 17.7 Å². The quantitative estimate of drug-likeness (QED) is 0.873. The molecule has 0 heterocycles. The van der Waals surface area contributed by atoms with Crippen LogP contribution in [0.2, 0.25) is 0 Å². The van der Waals surface area contributed by atoms with Crippen LogP contribution in [0.3, 0.4) is 0 Å². The zero-order valence-electron chi connectivity index (χ0n) is 12.7. The predicted molar refractivity (Wildman–Crippen MR) is 83.5 cm³/mol. The fraction of sp³-hybridized carbons (Fsp3) is 0.333. The Bertz CT molecular complexity index is 590. The van der Waals surface area contributed by atoms with E-state index in [0.717, 1.165) is 5.56 Å². The largest absolute Gasteiger partial charge is 0.505 e. The maximum atomic E-state index is 13.4. The molecule has 0 amide bonds. The Balaban J connectivity index is 2.15. The molecule has 0 fully saturated rings. The Morgan fingerprint density at radius 2 is 1.76 bits per heavy atom. The van der Waals surface area contributed by atoms with Crippen LogP contribution in [0, 0.1) is 11.2 Å². The zero-order chi connectivity index (χ0) is 15.5. The maximum Gasteiger partial charge on any atom is 0.165 e. The minimum atomic E-state index is -0.582. The van der Waals surface area contributed by atoms with Crippen LogP contribution in [0.25, 0.3) is 0 Å². The topological polar surface area (TPSA) is 32.3 Å². The summed E-state index contributed by atoms with van der Waals surface area (Å²) in [5.74, 6) is -0.893. The summed E-state index contributed by atoms with van der Waals surface area (Å²) in [6, 6.07) is 14.9. The van der Waals surface area contributed by atoms with Gasteiger partial charge in [0.15, 0.2) is 11.6 Å². The molecule has 1 unspecified atom stereocenters. The first-order valence-electron chi connectivity index (χ1n) is 7.13. The molecule has 0 saturated heterocycles. The van der Waals surface area contributed by atoms with Gasteiger partial charge in [-0.05, 0) is 28.7 Å². The van der Waals surface area contributed by atoms with Crippen molar-refractivity contribution in [3.8, 4) is 5.75 Å². The molecule has 112 valence electrons. The number of aromatic hydroxyl groups is 1. The van der Waals surface area contributed by atoms with Crippen molar-refractivity contribution in [2.45, 2.75) is 33.4 Å². The van der Waals surface area contributed by atoms with Gasteiger partial charge in [0.05, 0.1) is 0 Å². The van der Waals surface area contributed by atoms with E-state index in [9.17, 15) is 9.50 Å². The first kappa shape index (κ1) is 15.5. The van der Waals surface area contributed by atoms with Crippen LogP contribution in [-0.2, 0) is 6.54 Å². The molecule has 1 atom stereocenters. The van der Waals surface area contributed by atoms with Crippen LogP contribution >= 0.6 is 0 Å². The lowest BCUT2D eigenvalue weighted by molar-refractivity contribution is 0.271. The zero-order valence-corrected chi connectivity index (χ0v) is 12.7. The highest BCUT2D eigenvalue weighted by Crippen LogP contribution is 2.33. The van der Waals surface area contributed by atoms with Crippen molar-refractivity contribution in [3.05, 3.63) is 65.5 Å². The highest BCUT2D eigenvalue weighted by Gasteiger charge is 2.25. The summed E-state index contributed by atoms with van der Waals surface area (Å²) in [7, 11) is 0. The van der Waals surface area contributed by atoms with Crippen molar-refractivity contribution in [1.82, 2.24) is 5.32 Å². The molecule has 0 aliphatic heterocycles. The van der Waals surface area contributed by atoms with E-state index in [1.54, 1.807) is 6.07 Å². The summed E-state index contributed by atoms with van der Waals surface area (Å²) in [4.78, 5) is 0. The van der Waals surface area contributed by atoms with E-state index in [4.69, 9.17) is 0 Å². The molecule has 0 bridgehead atoms. The van der Waals surface area contributed by atoms with Gasteiger partial charge in [-0.25, -0.2) is 4.39 Å². The van der Waals surface area contributed by atoms with Gasteiger partial charge in [0, 0.05) is 12.6 Å². The standard InChI is InChI=1S/C18H22FNO/c1-18(2,3)17(14-7-5-4-6-8-14)20-12-13-9-10-16(21)15(19)11-13/h4-11,17,20-21H,12H2,1-3H3. The Labute approximate surface area is 125 Å². The monoisotopic (exact) mass is 287 g/mol. The second-order valence-electron chi connectivity index (χ2n) is 6.38. The Kier molecular flexibility index (Phi) is 4.63. The van der Waals surface area contributed by atoms with Gasteiger partial charge in [-0.3, -0.25) is 0 Å². The van der Waals surface area contributed by atoms with E-state index >= 15 is 0 Å². The minimum Gasteiger partial charge on any atom is -0.505 e. The minimum absolute atomic E-state index is 0.0385. The normalized spacial score (nSPS) is 13.1. The summed E-state index contributed by atoms with van der Waals surface area (Å²) in [5, 5.41) is 12.7. The van der Waals surface area contributed by atoms with E-state index in [1.807, 2.05) is 18.2 Å². The lowest BCUT2D eigenvalue weighted by Gasteiger charge is -2.32. The first-order chi connectivity index (χ1) is 9.88. The second-order valence-corrected chi connectivity index (χ2v) is 6.38. The van der Waals surface area contributed by atoms with Crippen molar-refractivity contribution < 1.29 is 9.50 Å². The van der Waals surface area contributed by atoms with Gasteiger partial charge in [0.1, 0.15) is 0 Å². The van der Waals surface area contributed by atoms with Crippen LogP contribution < -0.4 is 5.32 Å². The molecular formula is C18H22FNO.